The van der Waals surface area contributed by atoms with Crippen molar-refractivity contribution in [1.29, 1.82) is 0 Å². The van der Waals surface area contributed by atoms with Crippen LogP contribution in [0.5, 0.6) is 0 Å². The first-order chi connectivity index (χ1) is 7.29. The molecule has 2 rings (SSSR count). The molecule has 0 aliphatic heterocycles. The molecule has 1 heterocycles. The molecule has 1 aliphatic rings. The van der Waals surface area contributed by atoms with Gasteiger partial charge in [-0.05, 0) is 37.3 Å². The van der Waals surface area contributed by atoms with E-state index in [0.717, 1.165) is 25.4 Å². The summed E-state index contributed by atoms with van der Waals surface area (Å²) < 4.78 is 0. The average Bonchev–Trinajstić information content (AvgIpc) is 2.99. The monoisotopic (exact) mass is 243 g/mol. The molecule has 0 saturated heterocycles. The molecule has 1 fully saturated rings. The Hall–Kier alpha value is -0.0500. The SMILES string of the molecule is CCc1ccc(CNCC(Cl)C2CC2)s1. The number of halogens is 1. The van der Waals surface area contributed by atoms with E-state index in [1.165, 1.54) is 22.6 Å². The minimum atomic E-state index is 0.343. The van der Waals surface area contributed by atoms with Gasteiger partial charge in [0.25, 0.3) is 0 Å². The Morgan fingerprint density at radius 1 is 1.47 bits per heavy atom. The van der Waals surface area contributed by atoms with Crippen LogP contribution in [0.25, 0.3) is 0 Å². The molecule has 1 aromatic heterocycles. The summed E-state index contributed by atoms with van der Waals surface area (Å²) >= 11 is 8.12. The molecule has 1 N–H and O–H groups in total. The van der Waals surface area contributed by atoms with Crippen molar-refractivity contribution in [1.82, 2.24) is 5.32 Å². The van der Waals surface area contributed by atoms with E-state index in [-0.39, 0.29) is 0 Å². The summed E-state index contributed by atoms with van der Waals surface area (Å²) in [6, 6.07) is 4.44. The fourth-order valence-electron chi connectivity index (χ4n) is 1.67. The molecule has 3 heteroatoms. The minimum absolute atomic E-state index is 0.343. The van der Waals surface area contributed by atoms with Crippen molar-refractivity contribution in [3.63, 3.8) is 0 Å². The summed E-state index contributed by atoms with van der Waals surface area (Å²) in [6.45, 7) is 4.12. The molecule has 0 radical (unpaired) electrons. The van der Waals surface area contributed by atoms with Crippen LogP contribution in [0.2, 0.25) is 0 Å². The van der Waals surface area contributed by atoms with Crippen molar-refractivity contribution < 1.29 is 0 Å². The quantitative estimate of drug-likeness (QED) is 0.755. The van der Waals surface area contributed by atoms with Crippen molar-refractivity contribution in [2.45, 2.75) is 38.1 Å². The minimum Gasteiger partial charge on any atom is -0.310 e. The van der Waals surface area contributed by atoms with Crippen LogP contribution in [0.15, 0.2) is 12.1 Å². The first kappa shape index (κ1) is 11.4. The fraction of sp³-hybridized carbons (Fsp3) is 0.667. The van der Waals surface area contributed by atoms with Gasteiger partial charge in [0.1, 0.15) is 0 Å². The number of nitrogens with one attached hydrogen (secondary N) is 1. The van der Waals surface area contributed by atoms with Gasteiger partial charge in [-0.2, -0.15) is 0 Å². The lowest BCUT2D eigenvalue weighted by molar-refractivity contribution is 0.623. The smallest absolute Gasteiger partial charge is 0.0488 e. The molecule has 0 spiro atoms. The molecule has 0 bridgehead atoms. The molecule has 0 amide bonds. The van der Waals surface area contributed by atoms with Gasteiger partial charge in [0, 0.05) is 28.2 Å². The van der Waals surface area contributed by atoms with Crippen LogP contribution in [0.3, 0.4) is 0 Å². The number of alkyl halides is 1. The molecule has 1 aromatic rings. The highest BCUT2D eigenvalue weighted by molar-refractivity contribution is 7.11. The summed E-state index contributed by atoms with van der Waals surface area (Å²) in [5, 5.41) is 3.78. The highest BCUT2D eigenvalue weighted by Crippen LogP contribution is 2.35. The lowest BCUT2D eigenvalue weighted by Crippen LogP contribution is -2.23. The van der Waals surface area contributed by atoms with E-state index in [0.29, 0.717) is 5.38 Å². The molecule has 1 aliphatic carbocycles. The standard InChI is InChI=1S/C12H18ClNS/c1-2-10-5-6-11(15-10)7-14-8-12(13)9-3-4-9/h5-6,9,12,14H,2-4,7-8H2,1H3. The zero-order valence-corrected chi connectivity index (χ0v) is 10.7. The summed E-state index contributed by atoms with van der Waals surface area (Å²) in [5.74, 6) is 0.786. The lowest BCUT2D eigenvalue weighted by atomic mass is 10.3. The van der Waals surface area contributed by atoms with Crippen LogP contribution < -0.4 is 5.32 Å². The Bertz CT molecular complexity index is 306. The van der Waals surface area contributed by atoms with Crippen molar-refractivity contribution in [3.05, 3.63) is 21.9 Å². The molecule has 1 unspecified atom stereocenters. The van der Waals surface area contributed by atoms with Gasteiger partial charge < -0.3 is 5.32 Å². The Morgan fingerprint density at radius 2 is 2.20 bits per heavy atom. The van der Waals surface area contributed by atoms with Crippen molar-refractivity contribution in [2.75, 3.05) is 6.54 Å². The van der Waals surface area contributed by atoms with Gasteiger partial charge in [-0.3, -0.25) is 0 Å². The van der Waals surface area contributed by atoms with Crippen molar-refractivity contribution in [3.8, 4) is 0 Å². The van der Waals surface area contributed by atoms with E-state index in [4.69, 9.17) is 11.6 Å². The summed E-state index contributed by atoms with van der Waals surface area (Å²) in [6.07, 6.45) is 3.80. The number of hydrogen-bond acceptors (Lipinski definition) is 2. The van der Waals surface area contributed by atoms with E-state index < -0.39 is 0 Å². The number of rotatable bonds is 6. The van der Waals surface area contributed by atoms with Crippen molar-refractivity contribution in [2.24, 2.45) is 5.92 Å². The second-order valence-corrected chi connectivity index (χ2v) is 6.02. The molecular formula is C12H18ClNS. The Labute approximate surface area is 101 Å². The van der Waals surface area contributed by atoms with Crippen LogP contribution in [0, 0.1) is 5.92 Å². The van der Waals surface area contributed by atoms with E-state index in [2.05, 4.69) is 24.4 Å². The molecule has 15 heavy (non-hydrogen) atoms. The normalized spacial score (nSPS) is 18.0. The molecular weight excluding hydrogens is 226 g/mol. The topological polar surface area (TPSA) is 12.0 Å². The van der Waals surface area contributed by atoms with Crippen molar-refractivity contribution >= 4 is 22.9 Å². The van der Waals surface area contributed by atoms with Gasteiger partial charge in [0.15, 0.2) is 0 Å². The van der Waals surface area contributed by atoms with Crippen LogP contribution in [-0.4, -0.2) is 11.9 Å². The third-order valence-electron chi connectivity index (χ3n) is 2.84. The maximum absolute atomic E-state index is 6.22. The van der Waals surface area contributed by atoms with Crippen LogP contribution in [-0.2, 0) is 13.0 Å². The van der Waals surface area contributed by atoms with Gasteiger partial charge in [-0.1, -0.05) is 6.92 Å². The van der Waals surface area contributed by atoms with Gasteiger partial charge >= 0.3 is 0 Å². The Morgan fingerprint density at radius 3 is 2.80 bits per heavy atom. The van der Waals surface area contributed by atoms with E-state index in [9.17, 15) is 0 Å². The van der Waals surface area contributed by atoms with E-state index in [1.54, 1.807) is 0 Å². The molecule has 1 atom stereocenters. The highest BCUT2D eigenvalue weighted by Gasteiger charge is 2.29. The van der Waals surface area contributed by atoms with Gasteiger partial charge in [0.2, 0.25) is 0 Å². The van der Waals surface area contributed by atoms with E-state index >= 15 is 0 Å². The van der Waals surface area contributed by atoms with Gasteiger partial charge in [-0.15, -0.1) is 22.9 Å². The van der Waals surface area contributed by atoms with Crippen LogP contribution >= 0.6 is 22.9 Å². The molecule has 0 aromatic carbocycles. The Balaban J connectivity index is 1.68. The second kappa shape index (κ2) is 5.33. The number of aryl methyl sites for hydroxylation is 1. The maximum atomic E-state index is 6.22. The first-order valence-electron chi connectivity index (χ1n) is 5.72. The maximum Gasteiger partial charge on any atom is 0.0488 e. The van der Waals surface area contributed by atoms with Gasteiger partial charge in [0.05, 0.1) is 0 Å². The zero-order chi connectivity index (χ0) is 10.7. The highest BCUT2D eigenvalue weighted by atomic mass is 35.5. The molecule has 1 saturated carbocycles. The summed E-state index contributed by atoms with van der Waals surface area (Å²) in [7, 11) is 0. The number of thiophene rings is 1. The third-order valence-corrected chi connectivity index (χ3v) is 4.58. The predicted octanol–water partition coefficient (Wildman–Crippen LogP) is 3.42. The number of hydrogen-bond donors (Lipinski definition) is 1. The van der Waals surface area contributed by atoms with Gasteiger partial charge in [-0.25, -0.2) is 0 Å². The Kier molecular flexibility index (Phi) is 4.06. The predicted molar refractivity (Wildman–Crippen MR) is 67.8 cm³/mol. The second-order valence-electron chi connectivity index (χ2n) is 4.21. The lowest BCUT2D eigenvalue weighted by Gasteiger charge is -2.08. The van der Waals surface area contributed by atoms with E-state index in [1.807, 2.05) is 11.3 Å². The summed E-state index contributed by atoms with van der Waals surface area (Å²) in [4.78, 5) is 2.89. The zero-order valence-electron chi connectivity index (χ0n) is 9.13. The fourth-order valence-corrected chi connectivity index (χ4v) is 2.95. The largest absolute Gasteiger partial charge is 0.310 e. The van der Waals surface area contributed by atoms with Crippen LogP contribution in [0.4, 0.5) is 0 Å². The van der Waals surface area contributed by atoms with Crippen LogP contribution in [0.1, 0.15) is 29.5 Å². The first-order valence-corrected chi connectivity index (χ1v) is 6.97. The molecule has 84 valence electrons. The summed E-state index contributed by atoms with van der Waals surface area (Å²) in [5.41, 5.74) is 0. The average molecular weight is 244 g/mol. The molecule has 1 nitrogen and oxygen atoms in total. The third kappa shape index (κ3) is 3.47.